The third-order valence-electron chi connectivity index (χ3n) is 10.7. The zero-order valence-corrected chi connectivity index (χ0v) is 26.3. The molecular formula is C44H30N4. The van der Waals surface area contributed by atoms with Crippen molar-refractivity contribution in [3.8, 4) is 34.2 Å². The lowest BCUT2D eigenvalue weighted by Crippen LogP contribution is -2.09. The number of aromatic nitrogens is 4. The fraction of sp³-hybridized carbons (Fsp3) is 0.0909. The zero-order chi connectivity index (χ0) is 31.3. The number of aryl methyl sites for hydroxylation is 4. The molecule has 11 rings (SSSR count). The van der Waals surface area contributed by atoms with Crippen molar-refractivity contribution >= 4 is 43.6 Å². The standard InChI is InChI=1S/C44H30N4/c1-4-10-27(11-5-1)38-25-39(28-12-6-2-7-13-28)46-44(45-38)48-41-23-32-19-17-30(32)21-35(41)37-24-36-34-20-29-16-18-31(29)22-40(34)47(42(36)26-43(37)48)33-14-8-3-9-15-33/h1-15,20-26H,16-19H2. The second-order valence-corrected chi connectivity index (χ2v) is 13.3. The molecule has 2 aliphatic rings. The minimum absolute atomic E-state index is 0.693. The van der Waals surface area contributed by atoms with Crippen molar-refractivity contribution in [3.63, 3.8) is 0 Å². The smallest absolute Gasteiger partial charge is 0.235 e. The average molecular weight is 615 g/mol. The van der Waals surface area contributed by atoms with Gasteiger partial charge in [-0.3, -0.25) is 4.57 Å². The molecule has 0 aliphatic heterocycles. The van der Waals surface area contributed by atoms with Crippen LogP contribution >= 0.6 is 0 Å². The second kappa shape index (κ2) is 9.76. The third kappa shape index (κ3) is 3.71. The Balaban J connectivity index is 1.28. The fourth-order valence-corrected chi connectivity index (χ4v) is 8.03. The van der Waals surface area contributed by atoms with E-state index in [2.05, 4.69) is 143 Å². The van der Waals surface area contributed by atoms with Gasteiger partial charge in [-0.25, -0.2) is 9.97 Å². The van der Waals surface area contributed by atoms with Crippen LogP contribution in [0.15, 0.2) is 133 Å². The molecule has 0 saturated carbocycles. The van der Waals surface area contributed by atoms with Crippen LogP contribution in [-0.2, 0) is 25.7 Å². The summed E-state index contributed by atoms with van der Waals surface area (Å²) in [5, 5.41) is 5.14. The Kier molecular flexibility index (Phi) is 5.31. The molecule has 3 heterocycles. The number of benzene rings is 6. The predicted molar refractivity (Wildman–Crippen MR) is 196 cm³/mol. The number of nitrogens with zero attached hydrogens (tertiary/aromatic N) is 4. The molecule has 3 aromatic heterocycles. The van der Waals surface area contributed by atoms with Crippen molar-refractivity contribution in [2.45, 2.75) is 25.7 Å². The van der Waals surface area contributed by atoms with Crippen molar-refractivity contribution in [2.75, 3.05) is 0 Å². The van der Waals surface area contributed by atoms with Crippen molar-refractivity contribution in [1.82, 2.24) is 19.1 Å². The average Bonchev–Trinajstić information content (AvgIpc) is 3.60. The van der Waals surface area contributed by atoms with Crippen LogP contribution in [0.5, 0.6) is 0 Å². The van der Waals surface area contributed by atoms with Crippen LogP contribution in [0.1, 0.15) is 22.3 Å². The first-order valence-corrected chi connectivity index (χ1v) is 16.9. The summed E-state index contributed by atoms with van der Waals surface area (Å²) in [5.74, 6) is 0.693. The van der Waals surface area contributed by atoms with E-state index < -0.39 is 0 Å². The van der Waals surface area contributed by atoms with E-state index in [0.717, 1.165) is 53.7 Å². The molecule has 9 aromatic rings. The minimum Gasteiger partial charge on any atom is -0.309 e. The predicted octanol–water partition coefficient (Wildman–Crippen LogP) is 10.2. The Morgan fingerprint density at radius 2 is 0.792 bits per heavy atom. The van der Waals surface area contributed by atoms with Crippen LogP contribution in [0.2, 0.25) is 0 Å². The molecule has 0 bridgehead atoms. The van der Waals surface area contributed by atoms with Crippen molar-refractivity contribution < 1.29 is 0 Å². The SMILES string of the molecule is c1ccc(-c2cc(-c3ccccc3)nc(-n3c4cc5c(cc4c4cc6c7cc8c(cc7n(-c7ccccc7)c6cc43)CC8)CC5)n2)cc1. The van der Waals surface area contributed by atoms with E-state index in [1.807, 2.05) is 0 Å². The zero-order valence-electron chi connectivity index (χ0n) is 26.3. The van der Waals surface area contributed by atoms with Gasteiger partial charge in [0, 0.05) is 38.4 Å². The molecule has 226 valence electrons. The molecular weight excluding hydrogens is 585 g/mol. The topological polar surface area (TPSA) is 35.6 Å². The van der Waals surface area contributed by atoms with Gasteiger partial charge in [0.15, 0.2) is 0 Å². The van der Waals surface area contributed by atoms with Gasteiger partial charge in [-0.05, 0) is 103 Å². The molecule has 0 spiro atoms. The van der Waals surface area contributed by atoms with Crippen LogP contribution < -0.4 is 0 Å². The fourth-order valence-electron chi connectivity index (χ4n) is 8.03. The number of fused-ring (bicyclic) bond motifs is 8. The summed E-state index contributed by atoms with van der Waals surface area (Å²) in [6.45, 7) is 0. The summed E-state index contributed by atoms with van der Waals surface area (Å²) in [5.41, 5.74) is 15.8. The van der Waals surface area contributed by atoms with Gasteiger partial charge >= 0.3 is 0 Å². The van der Waals surface area contributed by atoms with Crippen LogP contribution in [0, 0.1) is 0 Å². The second-order valence-electron chi connectivity index (χ2n) is 13.3. The van der Waals surface area contributed by atoms with E-state index in [4.69, 9.17) is 9.97 Å². The number of hydrogen-bond acceptors (Lipinski definition) is 2. The number of rotatable bonds is 4. The maximum atomic E-state index is 5.32. The van der Waals surface area contributed by atoms with Gasteiger partial charge in [-0.15, -0.1) is 0 Å². The van der Waals surface area contributed by atoms with Gasteiger partial charge in [-0.2, -0.15) is 0 Å². The van der Waals surface area contributed by atoms with E-state index in [-0.39, 0.29) is 0 Å². The molecule has 2 aliphatic carbocycles. The summed E-state index contributed by atoms with van der Waals surface area (Å²) in [4.78, 5) is 10.6. The lowest BCUT2D eigenvalue weighted by atomic mass is 9.87. The van der Waals surface area contributed by atoms with Gasteiger partial charge in [0.05, 0.1) is 33.5 Å². The van der Waals surface area contributed by atoms with E-state index in [0.29, 0.717) is 5.95 Å². The Hall–Kier alpha value is -6.00. The van der Waals surface area contributed by atoms with Crippen LogP contribution in [-0.4, -0.2) is 19.1 Å². The highest BCUT2D eigenvalue weighted by atomic mass is 15.2. The van der Waals surface area contributed by atoms with Gasteiger partial charge < -0.3 is 4.57 Å². The molecule has 0 radical (unpaired) electrons. The number of hydrogen-bond donors (Lipinski definition) is 0. The third-order valence-corrected chi connectivity index (χ3v) is 10.7. The van der Waals surface area contributed by atoms with Gasteiger partial charge in [0.1, 0.15) is 0 Å². The summed E-state index contributed by atoms with van der Waals surface area (Å²) < 4.78 is 4.78. The van der Waals surface area contributed by atoms with Crippen molar-refractivity contribution in [1.29, 1.82) is 0 Å². The van der Waals surface area contributed by atoms with E-state index in [1.165, 1.54) is 66.0 Å². The molecule has 0 unspecified atom stereocenters. The summed E-state index contributed by atoms with van der Waals surface area (Å²) in [6.07, 6.45) is 4.57. The quantitative estimate of drug-likeness (QED) is 0.198. The highest BCUT2D eigenvalue weighted by molar-refractivity contribution is 6.19. The first-order valence-electron chi connectivity index (χ1n) is 16.9. The lowest BCUT2D eigenvalue weighted by molar-refractivity contribution is 0.842. The first-order chi connectivity index (χ1) is 23.8. The molecule has 0 atom stereocenters. The summed E-state index contributed by atoms with van der Waals surface area (Å²) in [6, 6.07) is 48.4. The Morgan fingerprint density at radius 1 is 0.375 bits per heavy atom. The lowest BCUT2D eigenvalue weighted by Gasteiger charge is -2.19. The van der Waals surface area contributed by atoms with E-state index in [1.54, 1.807) is 0 Å². The van der Waals surface area contributed by atoms with Crippen molar-refractivity contribution in [3.05, 3.63) is 156 Å². The van der Waals surface area contributed by atoms with Crippen molar-refractivity contribution in [2.24, 2.45) is 0 Å². The highest BCUT2D eigenvalue weighted by Gasteiger charge is 2.25. The van der Waals surface area contributed by atoms with E-state index in [9.17, 15) is 0 Å². The van der Waals surface area contributed by atoms with Crippen LogP contribution in [0.4, 0.5) is 0 Å². The number of para-hydroxylation sites is 1. The molecule has 48 heavy (non-hydrogen) atoms. The Morgan fingerprint density at radius 3 is 1.31 bits per heavy atom. The molecule has 4 heteroatoms. The van der Waals surface area contributed by atoms with Gasteiger partial charge in [0.25, 0.3) is 0 Å². The minimum atomic E-state index is 0.693. The van der Waals surface area contributed by atoms with Gasteiger partial charge in [0.2, 0.25) is 5.95 Å². The van der Waals surface area contributed by atoms with E-state index >= 15 is 0 Å². The summed E-state index contributed by atoms with van der Waals surface area (Å²) in [7, 11) is 0. The molecule has 0 saturated heterocycles. The normalized spacial score (nSPS) is 13.5. The molecule has 4 nitrogen and oxygen atoms in total. The largest absolute Gasteiger partial charge is 0.309 e. The molecule has 0 N–H and O–H groups in total. The molecule has 0 fully saturated rings. The monoisotopic (exact) mass is 614 g/mol. The first kappa shape index (κ1) is 26.1. The van der Waals surface area contributed by atoms with Gasteiger partial charge in [-0.1, -0.05) is 78.9 Å². The van der Waals surface area contributed by atoms with Crippen LogP contribution in [0.25, 0.3) is 77.8 Å². The maximum Gasteiger partial charge on any atom is 0.235 e. The molecule has 0 amide bonds. The Bertz CT molecular complexity index is 2700. The van der Waals surface area contributed by atoms with Crippen LogP contribution in [0.3, 0.4) is 0 Å². The Labute approximate surface area is 277 Å². The maximum absolute atomic E-state index is 5.32. The highest BCUT2D eigenvalue weighted by Crippen LogP contribution is 2.43. The molecule has 6 aromatic carbocycles. The summed E-state index contributed by atoms with van der Waals surface area (Å²) >= 11 is 0.